The highest BCUT2D eigenvalue weighted by Crippen LogP contribution is 2.27. The first-order chi connectivity index (χ1) is 10.7. The van der Waals surface area contributed by atoms with Gasteiger partial charge in [0.1, 0.15) is 0 Å². The fraction of sp³-hybridized carbons (Fsp3) is 0.500. The predicted molar refractivity (Wildman–Crippen MR) is 87.6 cm³/mol. The van der Waals surface area contributed by atoms with Gasteiger partial charge in [-0.1, -0.05) is 24.3 Å². The third kappa shape index (κ3) is 2.51. The average Bonchev–Trinajstić information content (AvgIpc) is 2.87. The molecule has 3 atom stereocenters. The predicted octanol–water partition coefficient (Wildman–Crippen LogP) is 1.87. The maximum atomic E-state index is 9.89. The van der Waals surface area contributed by atoms with Crippen molar-refractivity contribution >= 4 is 10.9 Å². The number of piperazine rings is 1. The largest absolute Gasteiger partial charge is 0.392 e. The third-order valence-corrected chi connectivity index (χ3v) is 5.16. The minimum atomic E-state index is -0.142. The van der Waals surface area contributed by atoms with Gasteiger partial charge in [-0.25, -0.2) is 0 Å². The first-order valence-electron chi connectivity index (χ1n) is 8.19. The van der Waals surface area contributed by atoms with Gasteiger partial charge in [0.05, 0.1) is 11.6 Å². The Balaban J connectivity index is 1.57. The lowest BCUT2D eigenvalue weighted by Crippen LogP contribution is -2.54. The van der Waals surface area contributed by atoms with Gasteiger partial charge in [-0.3, -0.25) is 14.8 Å². The SMILES string of the molecule is C[C@H]1CN2C[C@H](O)C[C@H]2CN1Cc1cccc2cccnc12. The summed E-state index contributed by atoms with van der Waals surface area (Å²) >= 11 is 0. The number of benzene rings is 1. The van der Waals surface area contributed by atoms with Crippen molar-refractivity contribution in [1.29, 1.82) is 0 Å². The van der Waals surface area contributed by atoms with E-state index in [0.29, 0.717) is 12.1 Å². The van der Waals surface area contributed by atoms with E-state index in [9.17, 15) is 5.11 Å². The summed E-state index contributed by atoms with van der Waals surface area (Å²) in [5, 5.41) is 11.1. The Morgan fingerprint density at radius 1 is 1.18 bits per heavy atom. The molecule has 116 valence electrons. The smallest absolute Gasteiger partial charge is 0.0746 e. The normalized spacial score (nSPS) is 29.8. The van der Waals surface area contributed by atoms with Gasteiger partial charge in [0.25, 0.3) is 0 Å². The summed E-state index contributed by atoms with van der Waals surface area (Å²) in [5.41, 5.74) is 2.42. The maximum Gasteiger partial charge on any atom is 0.0746 e. The van der Waals surface area contributed by atoms with E-state index in [1.165, 1.54) is 10.9 Å². The van der Waals surface area contributed by atoms with Crippen LogP contribution in [0.5, 0.6) is 0 Å². The summed E-state index contributed by atoms with van der Waals surface area (Å²) < 4.78 is 0. The Hall–Kier alpha value is -1.49. The second kappa shape index (κ2) is 5.61. The molecule has 1 aromatic heterocycles. The van der Waals surface area contributed by atoms with Gasteiger partial charge < -0.3 is 5.11 Å². The lowest BCUT2D eigenvalue weighted by atomic mass is 10.0. The summed E-state index contributed by atoms with van der Waals surface area (Å²) in [4.78, 5) is 9.57. The zero-order valence-electron chi connectivity index (χ0n) is 13.0. The molecule has 2 saturated heterocycles. The highest BCUT2D eigenvalue weighted by Gasteiger charge is 2.38. The van der Waals surface area contributed by atoms with Crippen LogP contribution in [0.25, 0.3) is 10.9 Å². The summed E-state index contributed by atoms with van der Waals surface area (Å²) in [7, 11) is 0. The number of pyridine rings is 1. The third-order valence-electron chi connectivity index (χ3n) is 5.16. The number of fused-ring (bicyclic) bond motifs is 2. The van der Waals surface area contributed by atoms with Crippen molar-refractivity contribution in [2.45, 2.75) is 38.1 Å². The van der Waals surface area contributed by atoms with Crippen molar-refractivity contribution < 1.29 is 5.11 Å². The van der Waals surface area contributed by atoms with Crippen molar-refractivity contribution in [2.24, 2.45) is 0 Å². The van der Waals surface area contributed by atoms with Crippen molar-refractivity contribution in [2.75, 3.05) is 19.6 Å². The molecule has 3 heterocycles. The van der Waals surface area contributed by atoms with Crippen LogP contribution in [0, 0.1) is 0 Å². The van der Waals surface area contributed by atoms with E-state index in [4.69, 9.17) is 0 Å². The second-order valence-corrected chi connectivity index (χ2v) is 6.77. The standard InChI is InChI=1S/C18H23N3O/c1-13-9-21-12-17(22)8-16(21)11-20(13)10-15-5-2-4-14-6-3-7-19-18(14)15/h2-7,13,16-17,22H,8-12H2,1H3/t13-,16-,17+/m0/s1. The number of hydrogen-bond acceptors (Lipinski definition) is 4. The molecule has 2 aromatic rings. The van der Waals surface area contributed by atoms with Crippen molar-refractivity contribution in [3.63, 3.8) is 0 Å². The molecular weight excluding hydrogens is 274 g/mol. The number of para-hydroxylation sites is 1. The monoisotopic (exact) mass is 297 g/mol. The summed E-state index contributed by atoms with van der Waals surface area (Å²) in [5.74, 6) is 0. The molecule has 2 aliphatic rings. The quantitative estimate of drug-likeness (QED) is 0.919. The molecule has 0 spiro atoms. The van der Waals surface area contributed by atoms with Gasteiger partial charge in [-0.2, -0.15) is 0 Å². The van der Waals surface area contributed by atoms with Crippen molar-refractivity contribution in [3.05, 3.63) is 42.1 Å². The Labute approximate surface area is 131 Å². The molecule has 22 heavy (non-hydrogen) atoms. The Morgan fingerprint density at radius 3 is 2.95 bits per heavy atom. The number of aliphatic hydroxyl groups is 1. The first-order valence-corrected chi connectivity index (χ1v) is 8.19. The molecule has 4 heteroatoms. The number of rotatable bonds is 2. The number of hydrogen-bond donors (Lipinski definition) is 1. The second-order valence-electron chi connectivity index (χ2n) is 6.77. The molecule has 0 unspecified atom stereocenters. The number of aliphatic hydroxyl groups excluding tert-OH is 1. The zero-order valence-corrected chi connectivity index (χ0v) is 13.0. The van der Waals surface area contributed by atoms with Gasteiger partial charge >= 0.3 is 0 Å². The molecular formula is C18H23N3O. The van der Waals surface area contributed by atoms with Crippen LogP contribution in [0.2, 0.25) is 0 Å². The van der Waals surface area contributed by atoms with E-state index in [1.807, 2.05) is 12.3 Å². The van der Waals surface area contributed by atoms with Gasteiger partial charge in [-0.15, -0.1) is 0 Å². The highest BCUT2D eigenvalue weighted by atomic mass is 16.3. The van der Waals surface area contributed by atoms with E-state index in [1.54, 1.807) is 0 Å². The van der Waals surface area contributed by atoms with E-state index < -0.39 is 0 Å². The Kier molecular flexibility index (Phi) is 3.60. The van der Waals surface area contributed by atoms with Crippen LogP contribution in [0.1, 0.15) is 18.9 Å². The zero-order chi connectivity index (χ0) is 15.1. The van der Waals surface area contributed by atoms with Gasteiger partial charge in [-0.05, 0) is 25.0 Å². The number of aromatic nitrogens is 1. The van der Waals surface area contributed by atoms with Crippen molar-refractivity contribution in [1.82, 2.24) is 14.8 Å². The van der Waals surface area contributed by atoms with Crippen LogP contribution < -0.4 is 0 Å². The molecule has 0 aliphatic carbocycles. The van der Waals surface area contributed by atoms with Crippen LogP contribution >= 0.6 is 0 Å². The fourth-order valence-corrected chi connectivity index (χ4v) is 4.01. The molecule has 0 bridgehead atoms. The molecule has 1 N–H and O–H groups in total. The van der Waals surface area contributed by atoms with Crippen LogP contribution in [-0.2, 0) is 6.54 Å². The maximum absolute atomic E-state index is 9.89. The molecule has 1 aromatic carbocycles. The Morgan fingerprint density at radius 2 is 2.05 bits per heavy atom. The molecule has 2 aliphatic heterocycles. The van der Waals surface area contributed by atoms with E-state index >= 15 is 0 Å². The van der Waals surface area contributed by atoms with Crippen LogP contribution in [-0.4, -0.2) is 57.7 Å². The number of nitrogens with zero attached hydrogens (tertiary/aromatic N) is 3. The van der Waals surface area contributed by atoms with E-state index in [2.05, 4.69) is 46.0 Å². The van der Waals surface area contributed by atoms with E-state index in [0.717, 1.165) is 38.1 Å². The lowest BCUT2D eigenvalue weighted by Gasteiger charge is -2.42. The van der Waals surface area contributed by atoms with Crippen molar-refractivity contribution in [3.8, 4) is 0 Å². The molecule has 0 amide bonds. The summed E-state index contributed by atoms with van der Waals surface area (Å²) in [6.45, 7) is 6.18. The molecule has 4 nitrogen and oxygen atoms in total. The molecule has 4 rings (SSSR count). The summed E-state index contributed by atoms with van der Waals surface area (Å²) in [6.07, 6.45) is 2.65. The minimum Gasteiger partial charge on any atom is -0.392 e. The Bertz CT molecular complexity index is 669. The van der Waals surface area contributed by atoms with Crippen LogP contribution in [0.15, 0.2) is 36.5 Å². The van der Waals surface area contributed by atoms with E-state index in [-0.39, 0.29) is 6.10 Å². The molecule has 0 saturated carbocycles. The first kappa shape index (κ1) is 14.1. The topological polar surface area (TPSA) is 39.6 Å². The van der Waals surface area contributed by atoms with Gasteiger partial charge in [0, 0.05) is 49.8 Å². The molecule has 2 fully saturated rings. The molecule has 0 radical (unpaired) electrons. The van der Waals surface area contributed by atoms with Gasteiger partial charge in [0.2, 0.25) is 0 Å². The highest BCUT2D eigenvalue weighted by molar-refractivity contribution is 5.81. The lowest BCUT2D eigenvalue weighted by molar-refractivity contribution is 0.0531. The van der Waals surface area contributed by atoms with Crippen LogP contribution in [0.4, 0.5) is 0 Å². The minimum absolute atomic E-state index is 0.142. The average molecular weight is 297 g/mol. The van der Waals surface area contributed by atoms with Gasteiger partial charge in [0.15, 0.2) is 0 Å². The summed E-state index contributed by atoms with van der Waals surface area (Å²) in [6, 6.07) is 11.6. The van der Waals surface area contributed by atoms with Crippen LogP contribution in [0.3, 0.4) is 0 Å². The fourth-order valence-electron chi connectivity index (χ4n) is 4.01.